The second-order valence-corrected chi connectivity index (χ2v) is 7.42. The molecule has 1 aromatic carbocycles. The van der Waals surface area contributed by atoms with Crippen molar-refractivity contribution in [2.75, 3.05) is 7.05 Å². The van der Waals surface area contributed by atoms with Gasteiger partial charge in [0.25, 0.3) is 0 Å². The van der Waals surface area contributed by atoms with Crippen molar-refractivity contribution in [3.05, 3.63) is 35.4 Å². The average Bonchev–Trinajstić information content (AvgIpc) is 2.43. The van der Waals surface area contributed by atoms with Crippen LogP contribution in [0.15, 0.2) is 24.3 Å². The maximum absolute atomic E-state index is 11.7. The Morgan fingerprint density at radius 3 is 2.52 bits per heavy atom. The molecule has 0 aliphatic carbocycles. The van der Waals surface area contributed by atoms with E-state index in [1.54, 1.807) is 18.2 Å². The van der Waals surface area contributed by atoms with E-state index < -0.39 is 10.0 Å². The summed E-state index contributed by atoms with van der Waals surface area (Å²) in [4.78, 5) is 11.7. The molecule has 0 saturated carbocycles. The van der Waals surface area contributed by atoms with Gasteiger partial charge in [0.15, 0.2) is 0 Å². The van der Waals surface area contributed by atoms with Crippen LogP contribution < -0.4 is 10.0 Å². The van der Waals surface area contributed by atoms with Crippen LogP contribution in [0.2, 0.25) is 0 Å². The fraction of sp³-hybridized carbons (Fsp3) is 0.533. The van der Waals surface area contributed by atoms with Gasteiger partial charge in [-0.2, -0.15) is 0 Å². The van der Waals surface area contributed by atoms with E-state index in [4.69, 9.17) is 0 Å². The second kappa shape index (κ2) is 8.14. The zero-order valence-corrected chi connectivity index (χ0v) is 13.7. The third kappa shape index (κ3) is 7.24. The number of nitrogens with one attached hydrogen (secondary N) is 2. The normalized spacial score (nSPS) is 11.6. The Bertz CT molecular complexity index is 568. The Kier molecular flexibility index (Phi) is 6.84. The van der Waals surface area contributed by atoms with Gasteiger partial charge in [-0.05, 0) is 30.5 Å². The summed E-state index contributed by atoms with van der Waals surface area (Å²) in [6.07, 6.45) is 1.39. The molecule has 1 aromatic rings. The fourth-order valence-corrected chi connectivity index (χ4v) is 2.59. The molecule has 0 heterocycles. The van der Waals surface area contributed by atoms with Crippen LogP contribution in [0.5, 0.6) is 0 Å². The SMILES string of the molecule is CNS(=O)(=O)Cc1cccc(CNC(=O)CCC(C)C)c1. The monoisotopic (exact) mass is 312 g/mol. The van der Waals surface area contributed by atoms with Gasteiger partial charge < -0.3 is 5.32 Å². The van der Waals surface area contributed by atoms with Crippen molar-refractivity contribution in [2.45, 2.75) is 39.0 Å². The van der Waals surface area contributed by atoms with Crippen molar-refractivity contribution in [3.63, 3.8) is 0 Å². The van der Waals surface area contributed by atoms with Gasteiger partial charge in [0.2, 0.25) is 15.9 Å². The summed E-state index contributed by atoms with van der Waals surface area (Å²) >= 11 is 0. The molecule has 2 N–H and O–H groups in total. The highest BCUT2D eigenvalue weighted by atomic mass is 32.2. The van der Waals surface area contributed by atoms with Crippen LogP contribution in [0.4, 0.5) is 0 Å². The van der Waals surface area contributed by atoms with E-state index >= 15 is 0 Å². The lowest BCUT2D eigenvalue weighted by atomic mass is 10.1. The van der Waals surface area contributed by atoms with E-state index in [1.165, 1.54) is 7.05 Å². The van der Waals surface area contributed by atoms with Gasteiger partial charge in [-0.3, -0.25) is 4.79 Å². The van der Waals surface area contributed by atoms with E-state index in [0.717, 1.165) is 12.0 Å². The Morgan fingerprint density at radius 2 is 1.90 bits per heavy atom. The zero-order valence-electron chi connectivity index (χ0n) is 12.8. The van der Waals surface area contributed by atoms with E-state index in [2.05, 4.69) is 23.9 Å². The first-order chi connectivity index (χ1) is 9.82. The summed E-state index contributed by atoms with van der Waals surface area (Å²) in [7, 11) is -1.88. The van der Waals surface area contributed by atoms with Gasteiger partial charge in [-0.1, -0.05) is 38.1 Å². The van der Waals surface area contributed by atoms with Crippen molar-refractivity contribution in [1.82, 2.24) is 10.0 Å². The first-order valence-electron chi connectivity index (χ1n) is 7.08. The Hall–Kier alpha value is -1.40. The Morgan fingerprint density at radius 1 is 1.24 bits per heavy atom. The van der Waals surface area contributed by atoms with Gasteiger partial charge in [-0.15, -0.1) is 0 Å². The molecule has 0 spiro atoms. The Labute approximate surface area is 127 Å². The zero-order chi connectivity index (χ0) is 15.9. The second-order valence-electron chi connectivity index (χ2n) is 5.49. The molecule has 0 bridgehead atoms. The largest absolute Gasteiger partial charge is 0.352 e. The molecule has 1 amide bonds. The number of hydrogen-bond donors (Lipinski definition) is 2. The maximum Gasteiger partial charge on any atom is 0.220 e. The molecule has 0 fully saturated rings. The third-order valence-corrected chi connectivity index (χ3v) is 4.43. The average molecular weight is 312 g/mol. The minimum atomic E-state index is -3.28. The number of sulfonamides is 1. The molecule has 0 unspecified atom stereocenters. The molecule has 0 saturated heterocycles. The predicted octanol–water partition coefficient (Wildman–Crippen LogP) is 1.79. The van der Waals surface area contributed by atoms with Gasteiger partial charge in [0.1, 0.15) is 0 Å². The topological polar surface area (TPSA) is 75.3 Å². The molecule has 0 aliphatic rings. The lowest BCUT2D eigenvalue weighted by Gasteiger charge is -2.08. The van der Waals surface area contributed by atoms with Crippen LogP contribution in [-0.2, 0) is 27.1 Å². The first-order valence-corrected chi connectivity index (χ1v) is 8.73. The van der Waals surface area contributed by atoms with Crippen LogP contribution in [0, 0.1) is 5.92 Å². The summed E-state index contributed by atoms with van der Waals surface area (Å²) in [5.41, 5.74) is 1.61. The predicted molar refractivity (Wildman–Crippen MR) is 84.0 cm³/mol. The molecule has 0 radical (unpaired) electrons. The summed E-state index contributed by atoms with van der Waals surface area (Å²) in [5, 5.41) is 2.85. The Balaban J connectivity index is 2.55. The number of carbonyl (C=O) groups excluding carboxylic acids is 1. The third-order valence-electron chi connectivity index (χ3n) is 3.10. The van der Waals surface area contributed by atoms with Gasteiger partial charge >= 0.3 is 0 Å². The minimum absolute atomic E-state index is 0.0250. The summed E-state index contributed by atoms with van der Waals surface area (Å²) in [6, 6.07) is 7.24. The van der Waals surface area contributed by atoms with Crippen molar-refractivity contribution in [2.24, 2.45) is 5.92 Å². The van der Waals surface area contributed by atoms with E-state index in [0.29, 0.717) is 24.4 Å². The highest BCUT2D eigenvalue weighted by Crippen LogP contribution is 2.09. The molecule has 0 atom stereocenters. The molecule has 6 heteroatoms. The highest BCUT2D eigenvalue weighted by Gasteiger charge is 2.09. The lowest BCUT2D eigenvalue weighted by molar-refractivity contribution is -0.121. The number of carbonyl (C=O) groups is 1. The smallest absolute Gasteiger partial charge is 0.220 e. The van der Waals surface area contributed by atoms with Crippen LogP contribution in [-0.4, -0.2) is 21.4 Å². The van der Waals surface area contributed by atoms with Gasteiger partial charge in [-0.25, -0.2) is 13.1 Å². The highest BCUT2D eigenvalue weighted by molar-refractivity contribution is 7.88. The molecular weight excluding hydrogens is 288 g/mol. The van der Waals surface area contributed by atoms with Crippen molar-refractivity contribution in [3.8, 4) is 0 Å². The molecule has 0 aromatic heterocycles. The molecular formula is C15H24N2O3S. The maximum atomic E-state index is 11.7. The number of hydrogen-bond acceptors (Lipinski definition) is 3. The van der Waals surface area contributed by atoms with Crippen molar-refractivity contribution in [1.29, 1.82) is 0 Å². The van der Waals surface area contributed by atoms with Crippen molar-refractivity contribution >= 4 is 15.9 Å². The minimum Gasteiger partial charge on any atom is -0.352 e. The van der Waals surface area contributed by atoms with E-state index in [1.807, 2.05) is 6.07 Å². The quantitative estimate of drug-likeness (QED) is 0.768. The molecule has 0 aliphatic heterocycles. The summed E-state index contributed by atoms with van der Waals surface area (Å²) < 4.78 is 25.3. The molecule has 118 valence electrons. The summed E-state index contributed by atoms with van der Waals surface area (Å²) in [6.45, 7) is 4.59. The van der Waals surface area contributed by atoms with Crippen molar-refractivity contribution < 1.29 is 13.2 Å². The number of rotatable bonds is 8. The van der Waals surface area contributed by atoms with Crippen LogP contribution in [0.3, 0.4) is 0 Å². The van der Waals surface area contributed by atoms with Crippen LogP contribution in [0.25, 0.3) is 0 Å². The van der Waals surface area contributed by atoms with E-state index in [9.17, 15) is 13.2 Å². The number of amides is 1. The van der Waals surface area contributed by atoms with Crippen LogP contribution in [0.1, 0.15) is 37.8 Å². The molecule has 1 rings (SSSR count). The van der Waals surface area contributed by atoms with E-state index in [-0.39, 0.29) is 11.7 Å². The lowest BCUT2D eigenvalue weighted by Crippen LogP contribution is -2.23. The van der Waals surface area contributed by atoms with Crippen LogP contribution >= 0.6 is 0 Å². The fourth-order valence-electron chi connectivity index (χ4n) is 1.83. The first kappa shape index (κ1) is 17.7. The standard InChI is InChI=1S/C15H24N2O3S/c1-12(2)7-8-15(18)17-10-13-5-4-6-14(9-13)11-21(19,20)16-3/h4-6,9,12,16H,7-8,10-11H2,1-3H3,(H,17,18). The number of benzene rings is 1. The van der Waals surface area contributed by atoms with Gasteiger partial charge in [0.05, 0.1) is 5.75 Å². The molecule has 5 nitrogen and oxygen atoms in total. The van der Waals surface area contributed by atoms with Gasteiger partial charge in [0, 0.05) is 13.0 Å². The summed E-state index contributed by atoms with van der Waals surface area (Å²) in [5.74, 6) is 0.473. The molecule has 21 heavy (non-hydrogen) atoms.